The molecule has 0 spiro atoms. The number of hydrogen-bond acceptors (Lipinski definition) is 8. The highest BCUT2D eigenvalue weighted by molar-refractivity contribution is 5.65. The van der Waals surface area contributed by atoms with Gasteiger partial charge in [-0.15, -0.1) is 0 Å². The van der Waals surface area contributed by atoms with Crippen molar-refractivity contribution in [1.82, 2.24) is 14.5 Å². The summed E-state index contributed by atoms with van der Waals surface area (Å²) in [6, 6.07) is 0. The van der Waals surface area contributed by atoms with Crippen LogP contribution in [-0.4, -0.2) is 72.7 Å². The standard InChI is InChI=1S/C12H18N4O5/c1-2-15-4-14-10-7(11(15)20)13-5-16(10)12-9(19)8(18)6(3-17)21-12/h4-6,8-9,11-12,17-20H,2-3H2,1H3/t6-,8?,9?,11?,12-/m1/s1. The SMILES string of the molecule is CCN1C=Nc2c(ncn2[C@@H]2O[C@H](CO)C(O)C2O)C1O. The van der Waals surface area contributed by atoms with Crippen LogP contribution in [0, 0.1) is 0 Å². The van der Waals surface area contributed by atoms with E-state index in [4.69, 9.17) is 9.84 Å². The molecule has 3 rings (SSSR count). The lowest BCUT2D eigenvalue weighted by Crippen LogP contribution is -2.33. The summed E-state index contributed by atoms with van der Waals surface area (Å²) in [6.45, 7) is 2.05. The molecule has 1 fully saturated rings. The van der Waals surface area contributed by atoms with Gasteiger partial charge in [-0.05, 0) is 6.92 Å². The zero-order valence-electron chi connectivity index (χ0n) is 11.4. The highest BCUT2D eigenvalue weighted by Crippen LogP contribution is 2.37. The monoisotopic (exact) mass is 298 g/mol. The van der Waals surface area contributed by atoms with Crippen LogP contribution in [0.25, 0.3) is 0 Å². The van der Waals surface area contributed by atoms with Crippen LogP contribution >= 0.6 is 0 Å². The minimum Gasteiger partial charge on any atom is -0.394 e. The summed E-state index contributed by atoms with van der Waals surface area (Å²) in [5.74, 6) is 0.363. The number of aliphatic hydroxyl groups excluding tert-OH is 4. The normalized spacial score (nSPS) is 35.3. The van der Waals surface area contributed by atoms with Crippen molar-refractivity contribution in [2.24, 2.45) is 4.99 Å². The molecular formula is C12H18N4O5. The number of hydrogen-bond donors (Lipinski definition) is 4. The van der Waals surface area contributed by atoms with E-state index in [9.17, 15) is 15.3 Å². The molecule has 0 aliphatic carbocycles. The summed E-state index contributed by atoms with van der Waals surface area (Å²) in [5, 5.41) is 39.1. The lowest BCUT2D eigenvalue weighted by molar-refractivity contribution is -0.0522. The summed E-state index contributed by atoms with van der Waals surface area (Å²) < 4.78 is 6.89. The lowest BCUT2D eigenvalue weighted by atomic mass is 10.1. The van der Waals surface area contributed by atoms with E-state index >= 15 is 0 Å². The van der Waals surface area contributed by atoms with E-state index in [1.165, 1.54) is 17.2 Å². The molecule has 0 aromatic carbocycles. The fourth-order valence-corrected chi connectivity index (χ4v) is 2.58. The Labute approximate surface area is 120 Å². The van der Waals surface area contributed by atoms with E-state index in [2.05, 4.69) is 9.98 Å². The van der Waals surface area contributed by atoms with Crippen molar-refractivity contribution in [3.63, 3.8) is 0 Å². The van der Waals surface area contributed by atoms with Crippen LogP contribution in [0.2, 0.25) is 0 Å². The average Bonchev–Trinajstić information content (AvgIpc) is 3.03. The minimum absolute atomic E-state index is 0.358. The molecule has 2 aliphatic rings. The second-order valence-electron chi connectivity index (χ2n) is 5.04. The lowest BCUT2D eigenvalue weighted by Gasteiger charge is -2.27. The first-order valence-electron chi connectivity index (χ1n) is 6.75. The van der Waals surface area contributed by atoms with Crippen molar-refractivity contribution in [3.8, 4) is 0 Å². The number of aliphatic imine (C=N–C) groups is 1. The largest absolute Gasteiger partial charge is 0.394 e. The number of fused-ring (bicyclic) bond motifs is 1. The van der Waals surface area contributed by atoms with Gasteiger partial charge < -0.3 is 30.1 Å². The molecule has 9 heteroatoms. The highest BCUT2D eigenvalue weighted by atomic mass is 16.6. The van der Waals surface area contributed by atoms with Gasteiger partial charge in [-0.3, -0.25) is 4.57 Å². The van der Waals surface area contributed by atoms with Gasteiger partial charge in [0.1, 0.15) is 24.0 Å². The number of aliphatic hydroxyl groups is 4. The smallest absolute Gasteiger partial charge is 0.175 e. The molecule has 0 saturated carbocycles. The van der Waals surface area contributed by atoms with Crippen molar-refractivity contribution in [3.05, 3.63) is 12.0 Å². The van der Waals surface area contributed by atoms with Crippen LogP contribution in [0.15, 0.2) is 11.3 Å². The number of nitrogens with zero attached hydrogens (tertiary/aromatic N) is 4. The number of imidazole rings is 1. The Kier molecular flexibility index (Phi) is 3.68. The maximum Gasteiger partial charge on any atom is 0.175 e. The number of aromatic nitrogens is 2. The van der Waals surface area contributed by atoms with Crippen molar-refractivity contribution < 1.29 is 25.2 Å². The molecule has 1 aromatic rings. The molecule has 1 saturated heterocycles. The molecule has 9 nitrogen and oxygen atoms in total. The third kappa shape index (κ3) is 2.14. The molecule has 1 aromatic heterocycles. The van der Waals surface area contributed by atoms with Gasteiger partial charge in [-0.2, -0.15) is 0 Å². The fraction of sp³-hybridized carbons (Fsp3) is 0.667. The molecular weight excluding hydrogens is 280 g/mol. The Morgan fingerprint density at radius 3 is 2.67 bits per heavy atom. The first-order chi connectivity index (χ1) is 10.1. The van der Waals surface area contributed by atoms with Gasteiger partial charge in [-0.1, -0.05) is 0 Å². The second-order valence-corrected chi connectivity index (χ2v) is 5.04. The van der Waals surface area contributed by atoms with Crippen LogP contribution in [0.5, 0.6) is 0 Å². The summed E-state index contributed by atoms with van der Waals surface area (Å²) >= 11 is 0. The maximum absolute atomic E-state index is 10.2. The predicted octanol–water partition coefficient (Wildman–Crippen LogP) is -1.52. The van der Waals surface area contributed by atoms with Gasteiger partial charge in [0, 0.05) is 6.54 Å². The Hall–Kier alpha value is -1.52. The Morgan fingerprint density at radius 2 is 2.05 bits per heavy atom. The number of rotatable bonds is 3. The van der Waals surface area contributed by atoms with Gasteiger partial charge in [-0.25, -0.2) is 9.98 Å². The van der Waals surface area contributed by atoms with E-state index < -0.39 is 37.4 Å². The Bertz CT molecular complexity index is 548. The molecule has 21 heavy (non-hydrogen) atoms. The molecule has 3 heterocycles. The topological polar surface area (TPSA) is 124 Å². The van der Waals surface area contributed by atoms with Crippen molar-refractivity contribution in [1.29, 1.82) is 0 Å². The first kappa shape index (κ1) is 14.4. The number of ether oxygens (including phenoxy) is 1. The van der Waals surface area contributed by atoms with Crippen LogP contribution < -0.4 is 0 Å². The summed E-state index contributed by atoms with van der Waals surface area (Å²) in [6.07, 6.45) is -2.21. The van der Waals surface area contributed by atoms with Crippen LogP contribution in [0.1, 0.15) is 25.1 Å². The van der Waals surface area contributed by atoms with Crippen LogP contribution in [0.3, 0.4) is 0 Å². The highest BCUT2D eigenvalue weighted by Gasteiger charge is 2.44. The van der Waals surface area contributed by atoms with Crippen molar-refractivity contribution in [2.45, 2.75) is 37.7 Å². The fourth-order valence-electron chi connectivity index (χ4n) is 2.58. The van der Waals surface area contributed by atoms with E-state index in [1.807, 2.05) is 6.92 Å². The molecule has 2 aliphatic heterocycles. The third-order valence-corrected chi connectivity index (χ3v) is 3.84. The zero-order chi connectivity index (χ0) is 15.1. The second kappa shape index (κ2) is 5.35. The van der Waals surface area contributed by atoms with Crippen molar-refractivity contribution >= 4 is 12.2 Å². The molecule has 116 valence electrons. The molecule has 0 radical (unpaired) electrons. The first-order valence-corrected chi connectivity index (χ1v) is 6.75. The van der Waals surface area contributed by atoms with Crippen molar-refractivity contribution in [2.75, 3.05) is 13.2 Å². The van der Waals surface area contributed by atoms with Gasteiger partial charge in [0.25, 0.3) is 0 Å². The zero-order valence-corrected chi connectivity index (χ0v) is 11.4. The average molecular weight is 298 g/mol. The van der Waals surface area contributed by atoms with E-state index in [0.29, 0.717) is 18.1 Å². The van der Waals surface area contributed by atoms with E-state index in [0.717, 1.165) is 0 Å². The molecule has 4 N–H and O–H groups in total. The van der Waals surface area contributed by atoms with Gasteiger partial charge in [0.15, 0.2) is 18.3 Å². The molecule has 0 amide bonds. The van der Waals surface area contributed by atoms with Crippen LogP contribution in [0.4, 0.5) is 5.82 Å². The Balaban J connectivity index is 1.92. The summed E-state index contributed by atoms with van der Waals surface area (Å²) in [4.78, 5) is 9.94. The maximum atomic E-state index is 10.2. The van der Waals surface area contributed by atoms with Gasteiger partial charge >= 0.3 is 0 Å². The van der Waals surface area contributed by atoms with E-state index in [-0.39, 0.29) is 0 Å². The quantitative estimate of drug-likeness (QED) is 0.534. The summed E-state index contributed by atoms with van der Waals surface area (Å²) in [5.41, 5.74) is 0.358. The van der Waals surface area contributed by atoms with Crippen LogP contribution in [-0.2, 0) is 4.74 Å². The third-order valence-electron chi connectivity index (χ3n) is 3.84. The summed E-state index contributed by atoms with van der Waals surface area (Å²) in [7, 11) is 0. The van der Waals surface area contributed by atoms with Gasteiger partial charge in [0.05, 0.1) is 19.3 Å². The minimum atomic E-state index is -1.21. The van der Waals surface area contributed by atoms with E-state index in [1.54, 1.807) is 4.90 Å². The molecule has 3 unspecified atom stereocenters. The van der Waals surface area contributed by atoms with Gasteiger partial charge in [0.2, 0.25) is 0 Å². The molecule has 5 atom stereocenters. The molecule has 0 bridgehead atoms. The predicted molar refractivity (Wildman–Crippen MR) is 70.7 cm³/mol. The Morgan fingerprint density at radius 1 is 1.29 bits per heavy atom.